The van der Waals surface area contributed by atoms with E-state index >= 15 is 0 Å². The number of anilines is 2. The molecule has 6 heteroatoms. The second kappa shape index (κ2) is 7.80. The molecule has 2 aromatic carbocycles. The largest absolute Gasteiger partial charge is 0.491 e. The Labute approximate surface area is 157 Å². The molecule has 2 aliphatic rings. The van der Waals surface area contributed by atoms with Crippen molar-refractivity contribution in [3.63, 3.8) is 0 Å². The summed E-state index contributed by atoms with van der Waals surface area (Å²) >= 11 is 0. The fourth-order valence-electron chi connectivity index (χ4n) is 3.50. The molecule has 0 aliphatic carbocycles. The third kappa shape index (κ3) is 4.11. The highest BCUT2D eigenvalue weighted by Crippen LogP contribution is 2.33. The van der Waals surface area contributed by atoms with E-state index in [0.717, 1.165) is 25.0 Å². The van der Waals surface area contributed by atoms with Crippen LogP contribution >= 0.6 is 0 Å². The van der Waals surface area contributed by atoms with Crippen molar-refractivity contribution in [1.29, 1.82) is 0 Å². The Balaban J connectivity index is 1.43. The van der Waals surface area contributed by atoms with Gasteiger partial charge in [-0.1, -0.05) is 24.3 Å². The third-order valence-electron chi connectivity index (χ3n) is 4.88. The topological polar surface area (TPSA) is 76.7 Å². The number of nitrogens with one attached hydrogen (secondary N) is 2. The molecule has 0 saturated carbocycles. The van der Waals surface area contributed by atoms with Gasteiger partial charge in [0, 0.05) is 30.5 Å². The summed E-state index contributed by atoms with van der Waals surface area (Å²) in [7, 11) is 0. The van der Waals surface area contributed by atoms with Crippen molar-refractivity contribution in [3.05, 3.63) is 54.1 Å². The molecule has 0 unspecified atom stereocenters. The lowest BCUT2D eigenvalue weighted by molar-refractivity contribution is -0.123. The Morgan fingerprint density at radius 3 is 2.96 bits per heavy atom. The average molecular weight is 366 g/mol. The predicted molar refractivity (Wildman–Crippen MR) is 102 cm³/mol. The van der Waals surface area contributed by atoms with Gasteiger partial charge in [-0.05, 0) is 36.6 Å². The molecular formula is C21H22N2O4. The molecule has 1 fully saturated rings. The summed E-state index contributed by atoms with van der Waals surface area (Å²) in [6, 6.07) is 14.7. The van der Waals surface area contributed by atoms with Crippen LogP contribution in [0.3, 0.4) is 0 Å². The standard InChI is InChI=1S/C21H22N2O4/c24-20-12-18(17-8-1-2-9-19(17)23-20)21(25)22-14-5-3-6-15(11-14)27-13-16-7-4-10-26-16/h1-3,5-6,8-9,11,16,18H,4,7,10,12-13H2,(H,22,25)(H,23,24)/t16-,18+/m0/s1. The van der Waals surface area contributed by atoms with E-state index in [1.165, 1.54) is 0 Å². The molecule has 2 aliphatic heterocycles. The van der Waals surface area contributed by atoms with Crippen molar-refractivity contribution in [2.45, 2.75) is 31.3 Å². The van der Waals surface area contributed by atoms with Crippen LogP contribution in [0.15, 0.2) is 48.5 Å². The smallest absolute Gasteiger partial charge is 0.232 e. The van der Waals surface area contributed by atoms with Gasteiger partial charge in [-0.3, -0.25) is 9.59 Å². The molecule has 0 radical (unpaired) electrons. The maximum Gasteiger partial charge on any atom is 0.232 e. The summed E-state index contributed by atoms with van der Waals surface area (Å²) < 4.78 is 11.4. The molecule has 2 atom stereocenters. The van der Waals surface area contributed by atoms with Crippen LogP contribution in [0.4, 0.5) is 11.4 Å². The minimum absolute atomic E-state index is 0.137. The molecule has 6 nitrogen and oxygen atoms in total. The molecule has 2 aromatic rings. The van der Waals surface area contributed by atoms with E-state index in [0.29, 0.717) is 23.7 Å². The second-order valence-electron chi connectivity index (χ2n) is 6.86. The SMILES string of the molecule is O=C1C[C@@H](C(=O)Nc2cccc(OC[C@@H]3CCCO3)c2)c2ccccc2N1. The normalized spacial score (nSPS) is 21.3. The first-order valence-electron chi connectivity index (χ1n) is 9.23. The average Bonchev–Trinajstić information content (AvgIpc) is 3.19. The van der Waals surface area contributed by atoms with E-state index in [9.17, 15) is 9.59 Å². The fourth-order valence-corrected chi connectivity index (χ4v) is 3.50. The zero-order chi connectivity index (χ0) is 18.6. The quantitative estimate of drug-likeness (QED) is 0.851. The maximum atomic E-state index is 12.8. The Kier molecular flexibility index (Phi) is 5.07. The highest BCUT2D eigenvalue weighted by Gasteiger charge is 2.30. The molecular weight excluding hydrogens is 344 g/mol. The van der Waals surface area contributed by atoms with Crippen LogP contribution in [-0.4, -0.2) is 31.1 Å². The monoisotopic (exact) mass is 366 g/mol. The number of hydrogen-bond acceptors (Lipinski definition) is 4. The van der Waals surface area contributed by atoms with E-state index < -0.39 is 5.92 Å². The van der Waals surface area contributed by atoms with Gasteiger partial charge in [-0.15, -0.1) is 0 Å². The number of fused-ring (bicyclic) bond motifs is 1. The Morgan fingerprint density at radius 1 is 1.22 bits per heavy atom. The number of carbonyl (C=O) groups excluding carboxylic acids is 2. The first kappa shape index (κ1) is 17.5. The Bertz CT molecular complexity index is 846. The van der Waals surface area contributed by atoms with Crippen molar-refractivity contribution in [2.75, 3.05) is 23.8 Å². The zero-order valence-electron chi connectivity index (χ0n) is 14.9. The van der Waals surface area contributed by atoms with Gasteiger partial charge in [0.1, 0.15) is 12.4 Å². The van der Waals surface area contributed by atoms with Crippen molar-refractivity contribution >= 4 is 23.2 Å². The van der Waals surface area contributed by atoms with Crippen molar-refractivity contribution in [1.82, 2.24) is 0 Å². The van der Waals surface area contributed by atoms with E-state index in [1.54, 1.807) is 6.07 Å². The van der Waals surface area contributed by atoms with E-state index in [1.807, 2.05) is 42.5 Å². The molecule has 2 heterocycles. The van der Waals surface area contributed by atoms with E-state index in [2.05, 4.69) is 10.6 Å². The van der Waals surface area contributed by atoms with Gasteiger partial charge in [-0.2, -0.15) is 0 Å². The van der Waals surface area contributed by atoms with Crippen LogP contribution < -0.4 is 15.4 Å². The number of carbonyl (C=O) groups is 2. The summed E-state index contributed by atoms with van der Waals surface area (Å²) in [6.07, 6.45) is 2.36. The number of para-hydroxylation sites is 1. The molecule has 140 valence electrons. The predicted octanol–water partition coefficient (Wildman–Crippen LogP) is 3.31. The van der Waals surface area contributed by atoms with Gasteiger partial charge in [0.15, 0.2) is 0 Å². The number of amides is 2. The molecule has 1 saturated heterocycles. The lowest BCUT2D eigenvalue weighted by Crippen LogP contribution is -2.30. The Hall–Kier alpha value is -2.86. The number of rotatable bonds is 5. The second-order valence-corrected chi connectivity index (χ2v) is 6.86. The molecule has 2 amide bonds. The van der Waals surface area contributed by atoms with Crippen LogP contribution in [0.1, 0.15) is 30.7 Å². The Morgan fingerprint density at radius 2 is 2.11 bits per heavy atom. The highest BCUT2D eigenvalue weighted by atomic mass is 16.5. The lowest BCUT2D eigenvalue weighted by atomic mass is 9.90. The minimum Gasteiger partial charge on any atom is -0.491 e. The molecule has 0 spiro atoms. The summed E-state index contributed by atoms with van der Waals surface area (Å²) in [6.45, 7) is 1.30. The summed E-state index contributed by atoms with van der Waals surface area (Å²) in [5.74, 6) is -0.174. The van der Waals surface area contributed by atoms with Gasteiger partial charge < -0.3 is 20.1 Å². The minimum atomic E-state index is -0.508. The third-order valence-corrected chi connectivity index (χ3v) is 4.88. The van der Waals surface area contributed by atoms with E-state index in [-0.39, 0.29) is 24.3 Å². The van der Waals surface area contributed by atoms with Crippen molar-refractivity contribution < 1.29 is 19.1 Å². The van der Waals surface area contributed by atoms with Crippen molar-refractivity contribution in [2.24, 2.45) is 0 Å². The van der Waals surface area contributed by atoms with Gasteiger partial charge in [0.2, 0.25) is 11.8 Å². The van der Waals surface area contributed by atoms with Crippen LogP contribution in [-0.2, 0) is 14.3 Å². The fraction of sp³-hybridized carbons (Fsp3) is 0.333. The van der Waals surface area contributed by atoms with Crippen LogP contribution in [0.5, 0.6) is 5.75 Å². The highest BCUT2D eigenvalue weighted by molar-refractivity contribution is 6.05. The van der Waals surface area contributed by atoms with Gasteiger partial charge in [0.25, 0.3) is 0 Å². The molecule has 27 heavy (non-hydrogen) atoms. The van der Waals surface area contributed by atoms with Crippen molar-refractivity contribution in [3.8, 4) is 5.75 Å². The number of benzene rings is 2. The first-order valence-corrected chi connectivity index (χ1v) is 9.23. The summed E-state index contributed by atoms with van der Waals surface area (Å²) in [4.78, 5) is 24.7. The number of hydrogen-bond donors (Lipinski definition) is 2. The number of ether oxygens (including phenoxy) is 2. The lowest BCUT2D eigenvalue weighted by Gasteiger charge is -2.24. The molecule has 0 aromatic heterocycles. The molecule has 0 bridgehead atoms. The summed E-state index contributed by atoms with van der Waals surface area (Å²) in [5.41, 5.74) is 2.18. The van der Waals surface area contributed by atoms with Gasteiger partial charge >= 0.3 is 0 Å². The van der Waals surface area contributed by atoms with Gasteiger partial charge in [-0.25, -0.2) is 0 Å². The van der Waals surface area contributed by atoms with Gasteiger partial charge in [0.05, 0.1) is 12.0 Å². The van der Waals surface area contributed by atoms with E-state index in [4.69, 9.17) is 9.47 Å². The van der Waals surface area contributed by atoms with Crippen LogP contribution in [0.25, 0.3) is 0 Å². The maximum absolute atomic E-state index is 12.8. The molecule has 2 N–H and O–H groups in total. The zero-order valence-corrected chi connectivity index (χ0v) is 14.9. The summed E-state index contributed by atoms with van der Waals surface area (Å²) in [5, 5.41) is 5.72. The van der Waals surface area contributed by atoms with Crippen LogP contribution in [0, 0.1) is 0 Å². The molecule has 4 rings (SSSR count). The van der Waals surface area contributed by atoms with Crippen LogP contribution in [0.2, 0.25) is 0 Å². The first-order chi connectivity index (χ1) is 13.2.